The Kier molecular flexibility index (Phi) is 4.71. The predicted octanol–water partition coefficient (Wildman–Crippen LogP) is 4.09. The minimum Gasteiger partial charge on any atom is -0.497 e. The molecule has 0 saturated heterocycles. The third-order valence-electron chi connectivity index (χ3n) is 5.25. The van der Waals surface area contributed by atoms with Gasteiger partial charge < -0.3 is 10.1 Å². The van der Waals surface area contributed by atoms with Crippen molar-refractivity contribution in [3.63, 3.8) is 0 Å². The number of amides is 1. The summed E-state index contributed by atoms with van der Waals surface area (Å²) in [5, 5.41) is 7.86. The molecule has 0 fully saturated rings. The summed E-state index contributed by atoms with van der Waals surface area (Å²) in [7, 11) is 1.66. The first-order chi connectivity index (χ1) is 13.4. The van der Waals surface area contributed by atoms with E-state index in [1.54, 1.807) is 12.6 Å². The number of fused-ring (bicyclic) bond motifs is 1. The molecule has 6 nitrogen and oxygen atoms in total. The van der Waals surface area contributed by atoms with Gasteiger partial charge in [-0.05, 0) is 49.4 Å². The van der Waals surface area contributed by atoms with Crippen molar-refractivity contribution in [1.29, 1.82) is 0 Å². The van der Waals surface area contributed by atoms with Crippen molar-refractivity contribution in [1.82, 2.24) is 20.1 Å². The molecule has 0 aliphatic heterocycles. The van der Waals surface area contributed by atoms with Crippen molar-refractivity contribution in [2.24, 2.45) is 5.41 Å². The Morgan fingerprint density at radius 1 is 1.32 bits per heavy atom. The summed E-state index contributed by atoms with van der Waals surface area (Å²) < 4.78 is 7.24. The summed E-state index contributed by atoms with van der Waals surface area (Å²) >= 11 is 1.38. The smallest absolute Gasteiger partial charge is 0.263 e. The molecule has 4 rings (SSSR count). The van der Waals surface area contributed by atoms with Gasteiger partial charge in [0.2, 0.25) is 0 Å². The van der Waals surface area contributed by atoms with Gasteiger partial charge in [-0.1, -0.05) is 13.8 Å². The Labute approximate surface area is 168 Å². The van der Waals surface area contributed by atoms with E-state index in [2.05, 4.69) is 29.2 Å². The second-order valence-electron chi connectivity index (χ2n) is 7.99. The maximum absolute atomic E-state index is 12.8. The van der Waals surface area contributed by atoms with Crippen molar-refractivity contribution in [3.8, 4) is 11.4 Å². The van der Waals surface area contributed by atoms with Crippen LogP contribution in [0.4, 0.5) is 0 Å². The maximum Gasteiger partial charge on any atom is 0.263 e. The molecule has 0 bridgehead atoms. The van der Waals surface area contributed by atoms with Crippen LogP contribution in [0.15, 0.2) is 36.0 Å². The van der Waals surface area contributed by atoms with Crippen LogP contribution in [0.25, 0.3) is 5.69 Å². The van der Waals surface area contributed by atoms with Gasteiger partial charge in [-0.15, -0.1) is 11.3 Å². The van der Waals surface area contributed by atoms with Crippen LogP contribution in [0, 0.1) is 12.3 Å². The monoisotopic (exact) mass is 396 g/mol. The first-order valence-electron chi connectivity index (χ1n) is 9.30. The summed E-state index contributed by atoms with van der Waals surface area (Å²) in [6.45, 7) is 6.33. The van der Waals surface area contributed by atoms with Gasteiger partial charge in [0, 0.05) is 5.56 Å². The van der Waals surface area contributed by atoms with Crippen LogP contribution in [0.5, 0.6) is 5.75 Å². The van der Waals surface area contributed by atoms with E-state index in [9.17, 15) is 4.79 Å². The van der Waals surface area contributed by atoms with Gasteiger partial charge in [-0.25, -0.2) is 9.67 Å². The van der Waals surface area contributed by atoms with Gasteiger partial charge in [-0.3, -0.25) is 4.79 Å². The number of carbonyl (C=O) groups is 1. The maximum atomic E-state index is 12.8. The van der Waals surface area contributed by atoms with Gasteiger partial charge in [-0.2, -0.15) is 5.10 Å². The highest BCUT2D eigenvalue weighted by Gasteiger charge is 2.36. The van der Waals surface area contributed by atoms with Gasteiger partial charge in [0.25, 0.3) is 5.91 Å². The minimum atomic E-state index is -0.0697. The zero-order valence-corrected chi connectivity index (χ0v) is 17.3. The molecule has 1 amide bonds. The Bertz CT molecular complexity index is 1000. The lowest BCUT2D eigenvalue weighted by molar-refractivity contribution is 0.0922. The molecule has 0 spiro atoms. The number of hydrogen-bond acceptors (Lipinski definition) is 5. The highest BCUT2D eigenvalue weighted by atomic mass is 32.1. The molecular weight excluding hydrogens is 372 g/mol. The van der Waals surface area contributed by atoms with Gasteiger partial charge in [0.05, 0.1) is 41.9 Å². The fourth-order valence-corrected chi connectivity index (χ4v) is 4.57. The van der Waals surface area contributed by atoms with Crippen molar-refractivity contribution in [2.45, 2.75) is 39.7 Å². The van der Waals surface area contributed by atoms with Crippen molar-refractivity contribution in [3.05, 3.63) is 57.8 Å². The number of hydrogen-bond donors (Lipinski definition) is 1. The van der Waals surface area contributed by atoms with Crippen LogP contribution in [0.3, 0.4) is 0 Å². The second kappa shape index (κ2) is 7.05. The molecule has 2 heterocycles. The number of thiazole rings is 1. The van der Waals surface area contributed by atoms with E-state index in [0.29, 0.717) is 4.88 Å². The number of carbonyl (C=O) groups excluding carboxylic acids is 1. The molecule has 7 heteroatoms. The molecule has 146 valence electrons. The summed E-state index contributed by atoms with van der Waals surface area (Å²) in [6.07, 6.45) is 3.66. The van der Waals surface area contributed by atoms with Gasteiger partial charge in [0.15, 0.2) is 0 Å². The molecule has 1 aromatic carbocycles. The number of nitrogens with one attached hydrogen (secondary N) is 1. The molecule has 1 aliphatic carbocycles. The second-order valence-corrected chi connectivity index (χ2v) is 8.85. The quantitative estimate of drug-likeness (QED) is 0.721. The molecule has 1 N–H and O–H groups in total. The van der Waals surface area contributed by atoms with Gasteiger partial charge in [0.1, 0.15) is 10.6 Å². The van der Waals surface area contributed by atoms with Crippen molar-refractivity contribution in [2.75, 3.05) is 7.11 Å². The number of ether oxygens (including phenoxy) is 1. The zero-order valence-electron chi connectivity index (χ0n) is 16.5. The van der Waals surface area contributed by atoms with E-state index < -0.39 is 0 Å². The van der Waals surface area contributed by atoms with Crippen LogP contribution < -0.4 is 10.1 Å². The molecule has 1 aliphatic rings. The van der Waals surface area contributed by atoms with Crippen LogP contribution in [0.1, 0.15) is 52.9 Å². The normalized spacial score (nSPS) is 17.8. The lowest BCUT2D eigenvalue weighted by atomic mass is 9.74. The average molecular weight is 397 g/mol. The molecule has 2 aromatic heterocycles. The fourth-order valence-electron chi connectivity index (χ4n) is 3.86. The van der Waals surface area contributed by atoms with Crippen LogP contribution in [-0.2, 0) is 6.42 Å². The summed E-state index contributed by atoms with van der Waals surface area (Å²) in [5.41, 5.74) is 5.76. The molecule has 3 aromatic rings. The van der Waals surface area contributed by atoms with Crippen LogP contribution in [-0.4, -0.2) is 27.8 Å². The van der Waals surface area contributed by atoms with E-state index in [-0.39, 0.29) is 17.4 Å². The number of methoxy groups -OCH3 is 1. The van der Waals surface area contributed by atoms with E-state index in [0.717, 1.165) is 41.2 Å². The molecule has 1 atom stereocenters. The fraction of sp³-hybridized carbons (Fsp3) is 0.381. The highest BCUT2D eigenvalue weighted by Crippen LogP contribution is 2.41. The topological polar surface area (TPSA) is 69.0 Å². The van der Waals surface area contributed by atoms with Crippen LogP contribution >= 0.6 is 11.3 Å². The molecule has 28 heavy (non-hydrogen) atoms. The lowest BCUT2D eigenvalue weighted by Crippen LogP contribution is -2.36. The number of rotatable bonds is 4. The third kappa shape index (κ3) is 3.42. The van der Waals surface area contributed by atoms with E-state index in [1.165, 1.54) is 11.3 Å². The number of aromatic nitrogens is 3. The Morgan fingerprint density at radius 2 is 2.07 bits per heavy atom. The summed E-state index contributed by atoms with van der Waals surface area (Å²) in [4.78, 5) is 17.6. The number of benzene rings is 1. The Morgan fingerprint density at radius 3 is 2.71 bits per heavy atom. The largest absolute Gasteiger partial charge is 0.497 e. The number of aryl methyl sites for hydroxylation is 1. The standard InChI is InChI=1S/C21H24N4O2S/c1-13-19(28-12-22-13)20(26)24-17-9-21(2,3)10-18-16(17)11-23-25(18)14-5-7-15(27-4)8-6-14/h5-8,11-12,17H,9-10H2,1-4H3,(H,24,26). The SMILES string of the molecule is COc1ccc(-n2ncc3c2CC(C)(C)CC3NC(=O)c2scnc2C)cc1. The van der Waals surface area contributed by atoms with E-state index in [4.69, 9.17) is 4.74 Å². The molecule has 0 saturated carbocycles. The average Bonchev–Trinajstić information content (AvgIpc) is 3.27. The van der Waals surface area contributed by atoms with E-state index in [1.807, 2.05) is 42.1 Å². The molecule has 1 unspecified atom stereocenters. The minimum absolute atomic E-state index is 0.0535. The lowest BCUT2D eigenvalue weighted by Gasteiger charge is -2.36. The van der Waals surface area contributed by atoms with Crippen molar-refractivity contribution < 1.29 is 9.53 Å². The summed E-state index contributed by atoms with van der Waals surface area (Å²) in [5.74, 6) is 0.751. The predicted molar refractivity (Wildman–Crippen MR) is 109 cm³/mol. The van der Waals surface area contributed by atoms with Crippen LogP contribution in [0.2, 0.25) is 0 Å². The Balaban J connectivity index is 1.67. The first-order valence-corrected chi connectivity index (χ1v) is 10.2. The number of nitrogens with zero attached hydrogens (tertiary/aromatic N) is 3. The molecule has 0 radical (unpaired) electrons. The highest BCUT2D eigenvalue weighted by molar-refractivity contribution is 7.11. The van der Waals surface area contributed by atoms with E-state index >= 15 is 0 Å². The van der Waals surface area contributed by atoms with Crippen molar-refractivity contribution >= 4 is 17.2 Å². The molecular formula is C21H24N4O2S. The summed E-state index contributed by atoms with van der Waals surface area (Å²) in [6, 6.07) is 7.80. The van der Waals surface area contributed by atoms with Gasteiger partial charge >= 0.3 is 0 Å². The first kappa shape index (κ1) is 18.7. The third-order valence-corrected chi connectivity index (χ3v) is 6.18. The zero-order chi connectivity index (χ0) is 19.9. The Hall–Kier alpha value is -2.67.